The van der Waals surface area contributed by atoms with E-state index in [-0.39, 0.29) is 0 Å². The van der Waals surface area contributed by atoms with Gasteiger partial charge < -0.3 is 29.4 Å². The highest BCUT2D eigenvalue weighted by atomic mass is 19.1. The maximum absolute atomic E-state index is 13.4. The van der Waals surface area contributed by atoms with Gasteiger partial charge in [-0.25, -0.2) is 4.39 Å². The summed E-state index contributed by atoms with van der Waals surface area (Å²) in [7, 11) is 1.62. The summed E-state index contributed by atoms with van der Waals surface area (Å²) in [5.41, 5.74) is 3.91. The van der Waals surface area contributed by atoms with Gasteiger partial charge in [0.05, 0.1) is 12.6 Å². The molecule has 0 radical (unpaired) electrons. The number of aromatic nitrogens is 1. The lowest BCUT2D eigenvalue weighted by molar-refractivity contribution is -0.246. The van der Waals surface area contributed by atoms with Crippen LogP contribution < -0.4 is 4.74 Å². The first-order chi connectivity index (χ1) is 14.4. The van der Waals surface area contributed by atoms with Gasteiger partial charge >= 0.3 is 0 Å². The molecule has 6 nitrogen and oxygen atoms in total. The van der Waals surface area contributed by atoms with E-state index in [1.54, 1.807) is 11.7 Å². The van der Waals surface area contributed by atoms with E-state index in [1.165, 1.54) is 0 Å². The lowest BCUT2D eigenvalue weighted by Crippen LogP contribution is -2.56. The van der Waals surface area contributed by atoms with Gasteiger partial charge in [0, 0.05) is 11.6 Å². The van der Waals surface area contributed by atoms with Crippen molar-refractivity contribution in [2.75, 3.05) is 13.8 Å². The zero-order chi connectivity index (χ0) is 21.4. The fourth-order valence-corrected chi connectivity index (χ4v) is 4.04. The maximum Gasteiger partial charge on any atom is 0.163 e. The third kappa shape index (κ3) is 3.70. The first-order valence-electron chi connectivity index (χ1n) is 9.91. The zero-order valence-electron chi connectivity index (χ0n) is 16.9. The quantitative estimate of drug-likeness (QED) is 0.596. The second-order valence-electron chi connectivity index (χ2n) is 7.80. The van der Waals surface area contributed by atoms with Crippen LogP contribution in [0.3, 0.4) is 0 Å². The molecule has 0 saturated carbocycles. The number of benzene rings is 2. The molecule has 3 N–H and O–H groups in total. The predicted molar refractivity (Wildman–Crippen MR) is 110 cm³/mol. The van der Waals surface area contributed by atoms with Crippen molar-refractivity contribution in [1.82, 2.24) is 4.57 Å². The van der Waals surface area contributed by atoms with Crippen LogP contribution in [0, 0.1) is 6.92 Å². The highest BCUT2D eigenvalue weighted by Gasteiger charge is 2.44. The summed E-state index contributed by atoms with van der Waals surface area (Å²) in [6.45, 7) is 0.999. The SMILES string of the molecule is COc1ccc(Cc2cn([C@@H]3O[C@H](CF)[C@@H](O)[C@H](O)[C@H]3O)c3cc(C)ccc23)cc1. The largest absolute Gasteiger partial charge is 0.497 e. The molecule has 1 aliphatic rings. The average Bonchev–Trinajstić information content (AvgIpc) is 3.10. The molecule has 160 valence electrons. The van der Waals surface area contributed by atoms with E-state index in [4.69, 9.17) is 9.47 Å². The van der Waals surface area contributed by atoms with Gasteiger partial charge in [0.2, 0.25) is 0 Å². The predicted octanol–water partition coefficient (Wildman–Crippen LogP) is 2.50. The normalized spacial score (nSPS) is 26.8. The lowest BCUT2D eigenvalue weighted by atomic mass is 9.98. The van der Waals surface area contributed by atoms with Gasteiger partial charge in [-0.05, 0) is 48.2 Å². The van der Waals surface area contributed by atoms with E-state index in [0.717, 1.165) is 33.3 Å². The Hall–Kier alpha value is -2.45. The Bertz CT molecular complexity index is 1020. The Morgan fingerprint density at radius 3 is 2.43 bits per heavy atom. The molecule has 2 aromatic carbocycles. The average molecular weight is 415 g/mol. The number of nitrogens with zero attached hydrogens (tertiary/aromatic N) is 1. The van der Waals surface area contributed by atoms with Crippen LogP contribution in [0.2, 0.25) is 0 Å². The zero-order valence-corrected chi connectivity index (χ0v) is 16.9. The summed E-state index contributed by atoms with van der Waals surface area (Å²) in [5, 5.41) is 31.7. The van der Waals surface area contributed by atoms with Gasteiger partial charge in [0.15, 0.2) is 6.23 Å². The monoisotopic (exact) mass is 415 g/mol. The molecule has 0 bridgehead atoms. The molecular formula is C23H26FNO5. The molecule has 5 atom stereocenters. The van der Waals surface area contributed by atoms with E-state index in [1.807, 2.05) is 55.6 Å². The number of halogens is 1. The summed E-state index contributed by atoms with van der Waals surface area (Å²) in [6, 6.07) is 13.7. The van der Waals surface area contributed by atoms with Crippen molar-refractivity contribution in [2.24, 2.45) is 0 Å². The second-order valence-corrected chi connectivity index (χ2v) is 7.80. The molecule has 0 aliphatic carbocycles. The van der Waals surface area contributed by atoms with Crippen LogP contribution in [0.25, 0.3) is 10.9 Å². The molecule has 1 aromatic heterocycles. The Labute approximate surface area is 174 Å². The van der Waals surface area contributed by atoms with Gasteiger partial charge in [-0.1, -0.05) is 24.3 Å². The summed E-state index contributed by atoms with van der Waals surface area (Å²) < 4.78 is 26.0. The van der Waals surface area contributed by atoms with Crippen molar-refractivity contribution in [3.63, 3.8) is 0 Å². The van der Waals surface area contributed by atoms with Gasteiger partial charge in [0.25, 0.3) is 0 Å². The maximum atomic E-state index is 13.4. The lowest BCUT2D eigenvalue weighted by Gasteiger charge is -2.40. The molecule has 0 spiro atoms. The van der Waals surface area contributed by atoms with Crippen molar-refractivity contribution in [2.45, 2.75) is 44.0 Å². The standard InChI is InChI=1S/C23H26FNO5/c1-13-3-8-17-15(10-14-4-6-16(29-2)7-5-14)12-25(18(17)9-13)23-22(28)21(27)20(26)19(11-24)30-23/h3-9,12,19-23,26-28H,10-11H2,1-2H3/t19-,20-,21+,22-,23-/m1/s1. The smallest absolute Gasteiger partial charge is 0.163 e. The van der Waals surface area contributed by atoms with Crippen LogP contribution in [-0.2, 0) is 11.2 Å². The minimum Gasteiger partial charge on any atom is -0.497 e. The van der Waals surface area contributed by atoms with Crippen LogP contribution >= 0.6 is 0 Å². The molecule has 1 aliphatic heterocycles. The molecule has 1 saturated heterocycles. The van der Waals surface area contributed by atoms with Crippen LogP contribution in [0.1, 0.15) is 22.9 Å². The van der Waals surface area contributed by atoms with Crippen molar-refractivity contribution in [1.29, 1.82) is 0 Å². The van der Waals surface area contributed by atoms with E-state index in [9.17, 15) is 19.7 Å². The van der Waals surface area contributed by atoms with Crippen LogP contribution in [0.5, 0.6) is 5.75 Å². The molecule has 3 aromatic rings. The number of alkyl halides is 1. The van der Waals surface area contributed by atoms with E-state index in [0.29, 0.717) is 6.42 Å². The molecule has 2 heterocycles. The fraction of sp³-hybridized carbons (Fsp3) is 0.391. The van der Waals surface area contributed by atoms with Crippen molar-refractivity contribution >= 4 is 10.9 Å². The number of ether oxygens (including phenoxy) is 2. The summed E-state index contributed by atoms with van der Waals surface area (Å²) in [4.78, 5) is 0. The molecule has 7 heteroatoms. The van der Waals surface area contributed by atoms with Gasteiger partial charge in [-0.15, -0.1) is 0 Å². The topological polar surface area (TPSA) is 84.1 Å². The van der Waals surface area contributed by atoms with Gasteiger partial charge in [-0.2, -0.15) is 0 Å². The van der Waals surface area contributed by atoms with Crippen molar-refractivity contribution < 1.29 is 29.2 Å². The first kappa shape index (κ1) is 20.8. The highest BCUT2D eigenvalue weighted by Crippen LogP contribution is 2.34. The van der Waals surface area contributed by atoms with Crippen LogP contribution in [-0.4, -0.2) is 58.1 Å². The molecule has 0 amide bonds. The minimum absolute atomic E-state index is 0.636. The minimum atomic E-state index is -1.50. The number of aliphatic hydroxyl groups excluding tert-OH is 3. The van der Waals surface area contributed by atoms with Crippen LogP contribution in [0.4, 0.5) is 4.39 Å². The Morgan fingerprint density at radius 2 is 1.77 bits per heavy atom. The summed E-state index contributed by atoms with van der Waals surface area (Å²) >= 11 is 0. The summed E-state index contributed by atoms with van der Waals surface area (Å²) in [6.07, 6.45) is -4.11. The third-order valence-corrected chi connectivity index (χ3v) is 5.74. The van der Waals surface area contributed by atoms with Gasteiger partial charge in [0.1, 0.15) is 36.8 Å². The number of rotatable bonds is 5. The third-order valence-electron chi connectivity index (χ3n) is 5.74. The number of hydrogen-bond donors (Lipinski definition) is 3. The summed E-state index contributed by atoms with van der Waals surface area (Å²) in [5.74, 6) is 0.778. The molecular weight excluding hydrogens is 389 g/mol. The second kappa shape index (κ2) is 8.35. The number of hydrogen-bond acceptors (Lipinski definition) is 5. The van der Waals surface area contributed by atoms with E-state index >= 15 is 0 Å². The van der Waals surface area contributed by atoms with Gasteiger partial charge in [-0.3, -0.25) is 0 Å². The van der Waals surface area contributed by atoms with Crippen LogP contribution in [0.15, 0.2) is 48.7 Å². The molecule has 0 unspecified atom stereocenters. The number of aliphatic hydroxyl groups is 3. The van der Waals surface area contributed by atoms with E-state index in [2.05, 4.69) is 0 Å². The van der Waals surface area contributed by atoms with Crippen molar-refractivity contribution in [3.8, 4) is 5.75 Å². The van der Waals surface area contributed by atoms with Crippen molar-refractivity contribution in [3.05, 3.63) is 65.4 Å². The number of aryl methyl sites for hydroxylation is 1. The van der Waals surface area contributed by atoms with E-state index < -0.39 is 37.3 Å². The fourth-order valence-electron chi connectivity index (χ4n) is 4.04. The Balaban J connectivity index is 1.75. The molecule has 30 heavy (non-hydrogen) atoms. The highest BCUT2D eigenvalue weighted by molar-refractivity contribution is 5.85. The first-order valence-corrected chi connectivity index (χ1v) is 9.91. The Kier molecular flexibility index (Phi) is 5.79. The molecule has 1 fully saturated rings. The number of fused-ring (bicyclic) bond motifs is 1. The molecule has 4 rings (SSSR count). The number of methoxy groups -OCH3 is 1. The Morgan fingerprint density at radius 1 is 1.03 bits per heavy atom.